The number of nitrogens with one attached hydrogen (secondary N) is 1. The van der Waals surface area contributed by atoms with Crippen molar-refractivity contribution in [3.63, 3.8) is 0 Å². The predicted octanol–water partition coefficient (Wildman–Crippen LogP) is 3.81. The predicted molar refractivity (Wildman–Crippen MR) is 95.9 cm³/mol. The van der Waals surface area contributed by atoms with Crippen molar-refractivity contribution in [3.05, 3.63) is 72.1 Å². The minimum atomic E-state index is -0.162. The third-order valence-electron chi connectivity index (χ3n) is 4.15. The van der Waals surface area contributed by atoms with Gasteiger partial charge in [-0.1, -0.05) is 6.07 Å². The molecule has 0 atom stereocenters. The van der Waals surface area contributed by atoms with E-state index in [9.17, 15) is 4.79 Å². The second kappa shape index (κ2) is 6.36. The molecule has 4 rings (SSSR count). The maximum absolute atomic E-state index is 12.6. The van der Waals surface area contributed by atoms with Crippen LogP contribution in [-0.2, 0) is 0 Å². The van der Waals surface area contributed by atoms with Crippen LogP contribution in [0.4, 0.5) is 5.69 Å². The average Bonchev–Trinajstić information content (AvgIpc) is 3.16. The highest BCUT2D eigenvalue weighted by atomic mass is 16.6. The molecule has 5 nitrogen and oxygen atoms in total. The second-order valence-corrected chi connectivity index (χ2v) is 5.90. The lowest BCUT2D eigenvalue weighted by Crippen LogP contribution is -2.16. The minimum absolute atomic E-state index is 0.162. The van der Waals surface area contributed by atoms with Crippen LogP contribution in [-0.4, -0.2) is 23.7 Å². The summed E-state index contributed by atoms with van der Waals surface area (Å²) >= 11 is 0. The number of fused-ring (bicyclic) bond motifs is 1. The molecule has 0 bridgehead atoms. The van der Waals surface area contributed by atoms with Gasteiger partial charge in [0.1, 0.15) is 13.2 Å². The van der Waals surface area contributed by atoms with Crippen LogP contribution < -0.4 is 14.8 Å². The summed E-state index contributed by atoms with van der Waals surface area (Å²) in [7, 11) is 0. The van der Waals surface area contributed by atoms with Crippen molar-refractivity contribution < 1.29 is 14.3 Å². The fourth-order valence-electron chi connectivity index (χ4n) is 2.85. The number of hydrogen-bond acceptors (Lipinski definition) is 3. The Morgan fingerprint density at radius 3 is 2.56 bits per heavy atom. The summed E-state index contributed by atoms with van der Waals surface area (Å²) in [4.78, 5) is 12.6. The lowest BCUT2D eigenvalue weighted by Gasteiger charge is -2.19. The Labute approximate surface area is 145 Å². The van der Waals surface area contributed by atoms with E-state index in [1.165, 1.54) is 0 Å². The van der Waals surface area contributed by atoms with Gasteiger partial charge in [0.2, 0.25) is 0 Å². The Kier molecular flexibility index (Phi) is 3.90. The van der Waals surface area contributed by atoms with Crippen LogP contribution in [0.1, 0.15) is 15.9 Å². The van der Waals surface area contributed by atoms with E-state index >= 15 is 0 Å². The summed E-state index contributed by atoms with van der Waals surface area (Å²) in [6.07, 6.45) is 3.93. The first kappa shape index (κ1) is 15.3. The first-order valence-electron chi connectivity index (χ1n) is 8.16. The van der Waals surface area contributed by atoms with E-state index < -0.39 is 0 Å². The van der Waals surface area contributed by atoms with Gasteiger partial charge in [-0.3, -0.25) is 4.79 Å². The highest BCUT2D eigenvalue weighted by Gasteiger charge is 2.14. The number of hydrogen-bond donors (Lipinski definition) is 1. The Morgan fingerprint density at radius 1 is 1.00 bits per heavy atom. The highest BCUT2D eigenvalue weighted by Crippen LogP contribution is 2.32. The van der Waals surface area contributed by atoms with Crippen LogP contribution >= 0.6 is 0 Å². The third-order valence-corrected chi connectivity index (χ3v) is 4.15. The molecule has 0 unspecified atom stereocenters. The van der Waals surface area contributed by atoms with E-state index in [0.717, 1.165) is 11.3 Å². The summed E-state index contributed by atoms with van der Waals surface area (Å²) in [5.41, 5.74) is 3.37. The number of nitrogens with zero attached hydrogens (tertiary/aromatic N) is 1. The van der Waals surface area contributed by atoms with Gasteiger partial charge in [0.05, 0.1) is 0 Å². The fourth-order valence-corrected chi connectivity index (χ4v) is 2.85. The number of aryl methyl sites for hydroxylation is 1. The maximum atomic E-state index is 12.6. The Hall–Kier alpha value is -3.21. The van der Waals surface area contributed by atoms with Crippen LogP contribution in [0.25, 0.3) is 5.69 Å². The molecule has 1 amide bonds. The van der Waals surface area contributed by atoms with Crippen molar-refractivity contribution in [2.24, 2.45) is 0 Å². The summed E-state index contributed by atoms with van der Waals surface area (Å²) < 4.78 is 13.0. The summed E-state index contributed by atoms with van der Waals surface area (Å²) in [5.74, 6) is 1.19. The maximum Gasteiger partial charge on any atom is 0.255 e. The van der Waals surface area contributed by atoms with Gasteiger partial charge < -0.3 is 19.4 Å². The fraction of sp³-hybridized carbons (Fsp3) is 0.150. The number of benzene rings is 2. The molecule has 2 heterocycles. The van der Waals surface area contributed by atoms with E-state index in [1.807, 2.05) is 66.3 Å². The van der Waals surface area contributed by atoms with Crippen molar-refractivity contribution in [3.8, 4) is 17.2 Å². The molecule has 0 radical (unpaired) electrons. The molecule has 0 spiro atoms. The topological polar surface area (TPSA) is 52.5 Å². The van der Waals surface area contributed by atoms with Crippen LogP contribution in [0, 0.1) is 6.92 Å². The number of ether oxygens (including phenoxy) is 2. The lowest BCUT2D eigenvalue weighted by molar-refractivity contribution is 0.102. The Morgan fingerprint density at radius 2 is 1.76 bits per heavy atom. The summed E-state index contributed by atoms with van der Waals surface area (Å²) in [5, 5.41) is 2.92. The van der Waals surface area contributed by atoms with Gasteiger partial charge in [-0.05, 0) is 48.9 Å². The van der Waals surface area contributed by atoms with Crippen molar-refractivity contribution in [1.82, 2.24) is 4.57 Å². The van der Waals surface area contributed by atoms with E-state index in [-0.39, 0.29) is 5.91 Å². The van der Waals surface area contributed by atoms with Crippen LogP contribution in [0.15, 0.2) is 60.9 Å². The smallest absolute Gasteiger partial charge is 0.255 e. The molecule has 0 aliphatic carbocycles. The summed E-state index contributed by atoms with van der Waals surface area (Å²) in [6.45, 7) is 3.09. The average molecular weight is 334 g/mol. The molecule has 25 heavy (non-hydrogen) atoms. The quantitative estimate of drug-likeness (QED) is 0.792. The number of rotatable bonds is 3. The molecule has 1 aromatic heterocycles. The number of amides is 1. The Bertz CT molecular complexity index is 917. The van der Waals surface area contributed by atoms with Crippen molar-refractivity contribution in [1.29, 1.82) is 0 Å². The van der Waals surface area contributed by atoms with Gasteiger partial charge in [-0.2, -0.15) is 0 Å². The zero-order chi connectivity index (χ0) is 17.2. The monoisotopic (exact) mass is 334 g/mol. The second-order valence-electron chi connectivity index (χ2n) is 5.90. The lowest BCUT2D eigenvalue weighted by atomic mass is 10.1. The van der Waals surface area contributed by atoms with Crippen molar-refractivity contribution >= 4 is 11.6 Å². The molecule has 2 aromatic carbocycles. The zero-order valence-electron chi connectivity index (χ0n) is 13.9. The van der Waals surface area contributed by atoms with Crippen LogP contribution in [0.5, 0.6) is 11.5 Å². The molecule has 0 saturated carbocycles. The molecule has 1 N–H and O–H groups in total. The number of anilines is 1. The molecule has 1 aliphatic heterocycles. The van der Waals surface area contributed by atoms with Crippen LogP contribution in [0.3, 0.4) is 0 Å². The summed E-state index contributed by atoms with van der Waals surface area (Å²) in [6, 6.07) is 15.0. The molecular weight excluding hydrogens is 316 g/mol. The number of aromatic nitrogens is 1. The van der Waals surface area contributed by atoms with Gasteiger partial charge in [0.25, 0.3) is 5.91 Å². The van der Waals surface area contributed by atoms with E-state index in [0.29, 0.717) is 36.0 Å². The van der Waals surface area contributed by atoms with E-state index in [4.69, 9.17) is 9.47 Å². The van der Waals surface area contributed by atoms with Gasteiger partial charge in [-0.25, -0.2) is 0 Å². The number of carbonyl (C=O) groups excluding carboxylic acids is 1. The molecular formula is C20H18N2O3. The first-order valence-corrected chi connectivity index (χ1v) is 8.16. The molecule has 1 aliphatic rings. The van der Waals surface area contributed by atoms with E-state index in [1.54, 1.807) is 6.07 Å². The first-order chi connectivity index (χ1) is 12.2. The highest BCUT2D eigenvalue weighted by molar-refractivity contribution is 6.04. The van der Waals surface area contributed by atoms with Gasteiger partial charge in [0, 0.05) is 35.4 Å². The standard InChI is InChI=1S/C20H18N2O3/c1-14-4-5-15(12-17(14)22-8-2-3-9-22)20(23)21-16-6-7-18-19(13-16)25-11-10-24-18/h2-9,12-13H,10-11H2,1H3,(H,21,23). The van der Waals surface area contributed by atoms with Crippen molar-refractivity contribution in [2.45, 2.75) is 6.92 Å². The van der Waals surface area contributed by atoms with Gasteiger partial charge in [-0.15, -0.1) is 0 Å². The van der Waals surface area contributed by atoms with Gasteiger partial charge >= 0.3 is 0 Å². The normalized spacial score (nSPS) is 12.7. The molecule has 5 heteroatoms. The minimum Gasteiger partial charge on any atom is -0.486 e. The van der Waals surface area contributed by atoms with E-state index in [2.05, 4.69) is 5.32 Å². The number of carbonyl (C=O) groups is 1. The zero-order valence-corrected chi connectivity index (χ0v) is 13.9. The molecule has 126 valence electrons. The Balaban J connectivity index is 1.58. The van der Waals surface area contributed by atoms with Crippen LogP contribution in [0.2, 0.25) is 0 Å². The third kappa shape index (κ3) is 3.08. The SMILES string of the molecule is Cc1ccc(C(=O)Nc2ccc3c(c2)OCCO3)cc1-n1cccc1. The van der Waals surface area contributed by atoms with Crippen molar-refractivity contribution in [2.75, 3.05) is 18.5 Å². The molecule has 0 fully saturated rings. The largest absolute Gasteiger partial charge is 0.486 e. The molecule has 3 aromatic rings. The molecule has 0 saturated heterocycles. The van der Waals surface area contributed by atoms with Gasteiger partial charge in [0.15, 0.2) is 11.5 Å².